The number of benzene rings is 3. The summed E-state index contributed by atoms with van der Waals surface area (Å²) in [5.74, 6) is 0.344. The van der Waals surface area contributed by atoms with Crippen molar-refractivity contribution in [3.05, 3.63) is 78.4 Å². The first kappa shape index (κ1) is 20.5. The molecule has 1 amide bonds. The van der Waals surface area contributed by atoms with Crippen LogP contribution in [0.4, 0.5) is 5.69 Å². The lowest BCUT2D eigenvalue weighted by Crippen LogP contribution is -2.30. The van der Waals surface area contributed by atoms with Crippen molar-refractivity contribution in [2.24, 2.45) is 0 Å². The molecule has 0 saturated heterocycles. The Kier molecular flexibility index (Phi) is 6.17. The summed E-state index contributed by atoms with van der Waals surface area (Å²) >= 11 is 0. The van der Waals surface area contributed by atoms with Gasteiger partial charge in [0.2, 0.25) is 0 Å². The minimum Gasteiger partial charge on any atom is -0.486 e. The van der Waals surface area contributed by atoms with Gasteiger partial charge in [0, 0.05) is 11.8 Å². The number of carbonyl (C=O) groups is 2. The van der Waals surface area contributed by atoms with Gasteiger partial charge in [0.25, 0.3) is 5.91 Å². The molecule has 1 unspecified atom stereocenters. The van der Waals surface area contributed by atoms with Crippen LogP contribution < -0.4 is 14.8 Å². The Morgan fingerprint density at radius 1 is 0.903 bits per heavy atom. The van der Waals surface area contributed by atoms with Crippen LogP contribution in [0.1, 0.15) is 12.5 Å². The highest BCUT2D eigenvalue weighted by atomic mass is 16.6. The van der Waals surface area contributed by atoms with Gasteiger partial charge in [-0.05, 0) is 35.7 Å². The minimum atomic E-state index is -0.927. The van der Waals surface area contributed by atoms with Gasteiger partial charge in [0.05, 0.1) is 6.42 Å². The molecule has 3 aromatic carbocycles. The summed E-state index contributed by atoms with van der Waals surface area (Å²) < 4.78 is 16.3. The average molecular weight is 417 g/mol. The van der Waals surface area contributed by atoms with Crippen molar-refractivity contribution in [2.75, 3.05) is 18.5 Å². The Hall–Kier alpha value is -3.80. The molecule has 31 heavy (non-hydrogen) atoms. The first-order valence-electron chi connectivity index (χ1n) is 10.1. The number of hydrogen-bond acceptors (Lipinski definition) is 5. The van der Waals surface area contributed by atoms with Crippen LogP contribution in [-0.2, 0) is 20.7 Å². The van der Waals surface area contributed by atoms with E-state index in [-0.39, 0.29) is 6.42 Å². The molecule has 6 heteroatoms. The van der Waals surface area contributed by atoms with Gasteiger partial charge < -0.3 is 19.5 Å². The van der Waals surface area contributed by atoms with Crippen LogP contribution in [0.2, 0.25) is 0 Å². The van der Waals surface area contributed by atoms with E-state index in [1.165, 1.54) is 0 Å². The molecule has 0 bridgehead atoms. The van der Waals surface area contributed by atoms with Crippen molar-refractivity contribution in [3.8, 4) is 22.6 Å². The number of fused-ring (bicyclic) bond motifs is 1. The zero-order valence-corrected chi connectivity index (χ0v) is 17.2. The first-order chi connectivity index (χ1) is 15.1. The van der Waals surface area contributed by atoms with Gasteiger partial charge in [0.15, 0.2) is 17.6 Å². The topological polar surface area (TPSA) is 73.9 Å². The molecule has 0 fully saturated rings. The van der Waals surface area contributed by atoms with Crippen LogP contribution in [0.3, 0.4) is 0 Å². The number of hydrogen-bond donors (Lipinski definition) is 1. The zero-order valence-electron chi connectivity index (χ0n) is 17.2. The van der Waals surface area contributed by atoms with Crippen molar-refractivity contribution in [2.45, 2.75) is 19.4 Å². The molecular weight excluding hydrogens is 394 g/mol. The fourth-order valence-electron chi connectivity index (χ4n) is 3.27. The van der Waals surface area contributed by atoms with Crippen molar-refractivity contribution < 1.29 is 23.8 Å². The molecule has 1 aliphatic heterocycles. The van der Waals surface area contributed by atoms with Crippen molar-refractivity contribution >= 4 is 17.6 Å². The summed E-state index contributed by atoms with van der Waals surface area (Å²) in [7, 11) is 0. The second-order valence-electron chi connectivity index (χ2n) is 7.22. The lowest BCUT2D eigenvalue weighted by molar-refractivity contribution is -0.152. The van der Waals surface area contributed by atoms with Crippen LogP contribution in [0, 0.1) is 0 Å². The molecule has 1 N–H and O–H groups in total. The predicted molar refractivity (Wildman–Crippen MR) is 117 cm³/mol. The first-order valence-corrected chi connectivity index (χ1v) is 10.1. The average Bonchev–Trinajstić information content (AvgIpc) is 2.80. The van der Waals surface area contributed by atoms with Gasteiger partial charge in [-0.1, -0.05) is 54.6 Å². The van der Waals surface area contributed by atoms with Gasteiger partial charge in [-0.15, -0.1) is 0 Å². The molecule has 0 saturated carbocycles. The number of amides is 1. The molecule has 3 aromatic rings. The number of carbonyl (C=O) groups excluding carboxylic acids is 2. The summed E-state index contributed by atoms with van der Waals surface area (Å²) in [5, 5.41) is 2.73. The van der Waals surface area contributed by atoms with Gasteiger partial charge in [0.1, 0.15) is 13.2 Å². The van der Waals surface area contributed by atoms with E-state index < -0.39 is 18.0 Å². The highest BCUT2D eigenvalue weighted by Crippen LogP contribution is 2.32. The normalized spacial score (nSPS) is 13.2. The standard InChI is InChI=1S/C25H23NO5/c1-17(25(28)26-21-11-12-22-23(16-21)30-14-13-29-22)31-24(27)15-18-7-9-20(10-8-18)19-5-3-2-4-6-19/h2-12,16-17H,13-15H2,1H3,(H,26,28). The van der Waals surface area contributed by atoms with E-state index in [9.17, 15) is 9.59 Å². The third kappa shape index (κ3) is 5.22. The fourth-order valence-corrected chi connectivity index (χ4v) is 3.27. The SMILES string of the molecule is CC(OC(=O)Cc1ccc(-c2ccccc2)cc1)C(=O)Nc1ccc2c(c1)OCCO2. The van der Waals surface area contributed by atoms with E-state index in [0.717, 1.165) is 16.7 Å². The quantitative estimate of drug-likeness (QED) is 0.608. The summed E-state index contributed by atoms with van der Waals surface area (Å²) in [6, 6.07) is 22.9. The number of esters is 1. The van der Waals surface area contributed by atoms with Crippen LogP contribution in [-0.4, -0.2) is 31.2 Å². The number of ether oxygens (including phenoxy) is 3. The Morgan fingerprint density at radius 2 is 1.58 bits per heavy atom. The van der Waals surface area contributed by atoms with E-state index in [0.29, 0.717) is 30.4 Å². The number of rotatable bonds is 6. The Balaban J connectivity index is 1.30. The third-order valence-corrected chi connectivity index (χ3v) is 4.90. The van der Waals surface area contributed by atoms with Crippen LogP contribution in [0.5, 0.6) is 11.5 Å². The van der Waals surface area contributed by atoms with Crippen molar-refractivity contribution in [3.63, 3.8) is 0 Å². The van der Waals surface area contributed by atoms with Crippen LogP contribution >= 0.6 is 0 Å². The molecule has 0 spiro atoms. The summed E-state index contributed by atoms with van der Waals surface area (Å²) in [4.78, 5) is 24.7. The molecule has 0 aliphatic carbocycles. The lowest BCUT2D eigenvalue weighted by Gasteiger charge is -2.19. The van der Waals surface area contributed by atoms with Gasteiger partial charge in [-0.25, -0.2) is 0 Å². The number of anilines is 1. The summed E-state index contributed by atoms with van der Waals surface area (Å²) in [5.41, 5.74) is 3.56. The molecule has 1 heterocycles. The summed E-state index contributed by atoms with van der Waals surface area (Å²) in [6.45, 7) is 2.51. The van der Waals surface area contributed by atoms with Gasteiger partial charge in [-0.2, -0.15) is 0 Å². The van der Waals surface area contributed by atoms with E-state index in [1.54, 1.807) is 25.1 Å². The molecule has 0 aromatic heterocycles. The maximum absolute atomic E-state index is 12.4. The van der Waals surface area contributed by atoms with Crippen molar-refractivity contribution in [1.82, 2.24) is 0 Å². The summed E-state index contributed by atoms with van der Waals surface area (Å²) in [6.07, 6.45) is -0.833. The zero-order chi connectivity index (χ0) is 21.6. The number of nitrogens with one attached hydrogen (secondary N) is 1. The van der Waals surface area contributed by atoms with Crippen LogP contribution in [0.25, 0.3) is 11.1 Å². The second-order valence-corrected chi connectivity index (χ2v) is 7.22. The molecule has 1 atom stereocenters. The maximum Gasteiger partial charge on any atom is 0.311 e. The Morgan fingerprint density at radius 3 is 2.32 bits per heavy atom. The smallest absolute Gasteiger partial charge is 0.311 e. The monoisotopic (exact) mass is 417 g/mol. The van der Waals surface area contributed by atoms with E-state index >= 15 is 0 Å². The third-order valence-electron chi connectivity index (χ3n) is 4.90. The largest absolute Gasteiger partial charge is 0.486 e. The molecule has 6 nitrogen and oxygen atoms in total. The fraction of sp³-hybridized carbons (Fsp3) is 0.200. The predicted octanol–water partition coefficient (Wildman–Crippen LogP) is 4.24. The second kappa shape index (κ2) is 9.34. The molecular formula is C25H23NO5. The highest BCUT2D eigenvalue weighted by Gasteiger charge is 2.19. The van der Waals surface area contributed by atoms with Gasteiger partial charge >= 0.3 is 5.97 Å². The molecule has 0 radical (unpaired) electrons. The molecule has 1 aliphatic rings. The lowest BCUT2D eigenvalue weighted by atomic mass is 10.0. The van der Waals surface area contributed by atoms with Crippen LogP contribution in [0.15, 0.2) is 72.8 Å². The molecule has 4 rings (SSSR count). The minimum absolute atomic E-state index is 0.0940. The van der Waals surface area contributed by atoms with Crippen molar-refractivity contribution in [1.29, 1.82) is 0 Å². The Bertz CT molecular complexity index is 1060. The van der Waals surface area contributed by atoms with E-state index in [2.05, 4.69) is 5.32 Å². The van der Waals surface area contributed by atoms with E-state index in [4.69, 9.17) is 14.2 Å². The van der Waals surface area contributed by atoms with Gasteiger partial charge in [-0.3, -0.25) is 9.59 Å². The highest BCUT2D eigenvalue weighted by molar-refractivity contribution is 5.95. The van der Waals surface area contributed by atoms with E-state index in [1.807, 2.05) is 54.6 Å². The maximum atomic E-state index is 12.4. The molecule has 158 valence electrons. The Labute approximate surface area is 180 Å².